The Morgan fingerprint density at radius 3 is 2.50 bits per heavy atom. The fourth-order valence-corrected chi connectivity index (χ4v) is 3.72. The van der Waals surface area contributed by atoms with Gasteiger partial charge in [-0.1, -0.05) is 0 Å². The minimum atomic E-state index is -0.0968. The highest BCUT2D eigenvalue weighted by Gasteiger charge is 2.19. The maximum absolute atomic E-state index is 12.4. The molecule has 0 radical (unpaired) electrons. The van der Waals surface area contributed by atoms with Gasteiger partial charge in [0, 0.05) is 49.5 Å². The maximum atomic E-state index is 12.4. The molecule has 30 heavy (non-hydrogen) atoms. The second-order valence-electron chi connectivity index (χ2n) is 7.78. The van der Waals surface area contributed by atoms with Gasteiger partial charge in [0.05, 0.1) is 6.54 Å². The number of nitrogens with zero attached hydrogens (tertiary/aromatic N) is 2. The summed E-state index contributed by atoms with van der Waals surface area (Å²) in [6.45, 7) is 9.69. The summed E-state index contributed by atoms with van der Waals surface area (Å²) >= 11 is 0. The largest absolute Gasteiger partial charge is 0.492 e. The number of nitrogens with one attached hydrogen (secondary N) is 1. The second kappa shape index (κ2) is 9.26. The van der Waals surface area contributed by atoms with E-state index in [1.54, 1.807) is 6.07 Å². The van der Waals surface area contributed by atoms with Crippen LogP contribution in [0.15, 0.2) is 42.5 Å². The zero-order valence-corrected chi connectivity index (χ0v) is 17.6. The van der Waals surface area contributed by atoms with Crippen molar-refractivity contribution in [1.29, 1.82) is 0 Å². The molecule has 0 aromatic heterocycles. The van der Waals surface area contributed by atoms with E-state index in [0.29, 0.717) is 36.3 Å². The van der Waals surface area contributed by atoms with Crippen LogP contribution >= 0.6 is 0 Å². The van der Waals surface area contributed by atoms with Crippen molar-refractivity contribution in [2.75, 3.05) is 51.0 Å². The van der Waals surface area contributed by atoms with Crippen molar-refractivity contribution in [3.05, 3.63) is 48.0 Å². The lowest BCUT2D eigenvalue weighted by atomic mass is 10.1. The number of anilines is 1. The standard InChI is InChI=1S/C23H29N3O4/c1-17(2)25-10-12-26(13-11-25)19-5-3-18(4-6-19)23(27)24-9-14-28-20-7-8-21-22(15-20)30-16-29-21/h3-8,15,17H,9-14,16H2,1-2H3,(H,24,27). The van der Waals surface area contributed by atoms with E-state index in [0.717, 1.165) is 31.9 Å². The highest BCUT2D eigenvalue weighted by Crippen LogP contribution is 2.35. The van der Waals surface area contributed by atoms with Crippen LogP contribution in [-0.2, 0) is 0 Å². The molecule has 0 atom stereocenters. The summed E-state index contributed by atoms with van der Waals surface area (Å²) < 4.78 is 16.3. The van der Waals surface area contributed by atoms with Crippen LogP contribution in [0.2, 0.25) is 0 Å². The smallest absolute Gasteiger partial charge is 0.251 e. The lowest BCUT2D eigenvalue weighted by molar-refractivity contribution is 0.0947. The number of fused-ring (bicyclic) bond motifs is 1. The van der Waals surface area contributed by atoms with Crippen LogP contribution < -0.4 is 24.4 Å². The van der Waals surface area contributed by atoms with Gasteiger partial charge in [-0.3, -0.25) is 9.69 Å². The summed E-state index contributed by atoms with van der Waals surface area (Å²) in [6.07, 6.45) is 0. The first kappa shape index (κ1) is 20.3. The minimum absolute atomic E-state index is 0.0968. The molecule has 2 aromatic rings. The van der Waals surface area contributed by atoms with Gasteiger partial charge in [-0.05, 0) is 50.2 Å². The SMILES string of the molecule is CC(C)N1CCN(c2ccc(C(=O)NCCOc3ccc4c(c3)OCO4)cc2)CC1. The first-order valence-corrected chi connectivity index (χ1v) is 10.5. The van der Waals surface area contributed by atoms with Gasteiger partial charge in [0.1, 0.15) is 12.4 Å². The first-order chi connectivity index (χ1) is 14.6. The van der Waals surface area contributed by atoms with E-state index in [4.69, 9.17) is 14.2 Å². The molecule has 0 bridgehead atoms. The van der Waals surface area contributed by atoms with Crippen LogP contribution in [0.1, 0.15) is 24.2 Å². The molecule has 0 spiro atoms. The lowest BCUT2D eigenvalue weighted by Gasteiger charge is -2.38. The van der Waals surface area contributed by atoms with Crippen LogP contribution in [-0.4, -0.2) is 63.0 Å². The van der Waals surface area contributed by atoms with E-state index in [1.807, 2.05) is 36.4 Å². The molecule has 0 saturated carbocycles. The molecule has 2 aliphatic rings. The van der Waals surface area contributed by atoms with Crippen molar-refractivity contribution < 1.29 is 19.0 Å². The molecular weight excluding hydrogens is 382 g/mol. The normalized spacial score (nSPS) is 16.0. The van der Waals surface area contributed by atoms with E-state index in [1.165, 1.54) is 5.69 Å². The molecule has 1 amide bonds. The van der Waals surface area contributed by atoms with Crippen LogP contribution in [0.3, 0.4) is 0 Å². The molecular formula is C23H29N3O4. The average Bonchev–Trinajstić information content (AvgIpc) is 3.25. The number of piperazine rings is 1. The molecule has 2 heterocycles. The Hall–Kier alpha value is -2.93. The predicted molar refractivity (Wildman–Crippen MR) is 116 cm³/mol. The Morgan fingerprint density at radius 1 is 1.03 bits per heavy atom. The average molecular weight is 412 g/mol. The van der Waals surface area contributed by atoms with E-state index in [-0.39, 0.29) is 12.7 Å². The van der Waals surface area contributed by atoms with Crippen molar-refractivity contribution >= 4 is 11.6 Å². The molecule has 1 saturated heterocycles. The zero-order valence-electron chi connectivity index (χ0n) is 17.6. The number of ether oxygens (including phenoxy) is 3. The minimum Gasteiger partial charge on any atom is -0.492 e. The van der Waals surface area contributed by atoms with Gasteiger partial charge in [0.25, 0.3) is 5.91 Å². The number of hydrogen-bond donors (Lipinski definition) is 1. The number of benzene rings is 2. The van der Waals surface area contributed by atoms with Crippen LogP contribution in [0.4, 0.5) is 5.69 Å². The number of carbonyl (C=O) groups is 1. The van der Waals surface area contributed by atoms with Crippen LogP contribution in [0.25, 0.3) is 0 Å². The van der Waals surface area contributed by atoms with E-state index < -0.39 is 0 Å². The van der Waals surface area contributed by atoms with Crippen molar-refractivity contribution in [2.45, 2.75) is 19.9 Å². The van der Waals surface area contributed by atoms with Crippen molar-refractivity contribution in [3.8, 4) is 17.2 Å². The molecule has 7 heteroatoms. The Bertz CT molecular complexity index is 861. The Kier molecular flexibility index (Phi) is 6.28. The van der Waals surface area contributed by atoms with Gasteiger partial charge < -0.3 is 24.4 Å². The highest BCUT2D eigenvalue weighted by atomic mass is 16.7. The summed E-state index contributed by atoms with van der Waals surface area (Å²) in [7, 11) is 0. The molecule has 2 aliphatic heterocycles. The number of carbonyl (C=O) groups excluding carboxylic acids is 1. The van der Waals surface area contributed by atoms with E-state index in [9.17, 15) is 4.79 Å². The fourth-order valence-electron chi connectivity index (χ4n) is 3.72. The summed E-state index contributed by atoms with van der Waals surface area (Å²) in [5.41, 5.74) is 1.82. The predicted octanol–water partition coefficient (Wildman–Crippen LogP) is 2.75. The number of amides is 1. The Labute approximate surface area is 177 Å². The van der Waals surface area contributed by atoms with Crippen molar-refractivity contribution in [2.24, 2.45) is 0 Å². The third-order valence-corrected chi connectivity index (χ3v) is 5.54. The zero-order chi connectivity index (χ0) is 20.9. The molecule has 2 aromatic carbocycles. The summed E-state index contributed by atoms with van der Waals surface area (Å²) in [6, 6.07) is 13.9. The highest BCUT2D eigenvalue weighted by molar-refractivity contribution is 5.94. The molecule has 160 valence electrons. The van der Waals surface area contributed by atoms with Gasteiger partial charge in [-0.2, -0.15) is 0 Å². The van der Waals surface area contributed by atoms with Gasteiger partial charge >= 0.3 is 0 Å². The topological polar surface area (TPSA) is 63.3 Å². The van der Waals surface area contributed by atoms with Crippen molar-refractivity contribution in [3.63, 3.8) is 0 Å². The molecule has 0 unspecified atom stereocenters. The monoisotopic (exact) mass is 411 g/mol. The molecule has 4 rings (SSSR count). The third kappa shape index (κ3) is 4.79. The molecule has 0 aliphatic carbocycles. The van der Waals surface area contributed by atoms with E-state index in [2.05, 4.69) is 29.0 Å². The number of rotatable bonds is 7. The molecule has 7 nitrogen and oxygen atoms in total. The first-order valence-electron chi connectivity index (χ1n) is 10.5. The summed E-state index contributed by atoms with van der Waals surface area (Å²) in [5, 5.41) is 2.90. The molecule has 1 N–H and O–H groups in total. The lowest BCUT2D eigenvalue weighted by Crippen LogP contribution is -2.48. The summed E-state index contributed by atoms with van der Waals surface area (Å²) in [5.74, 6) is 2.00. The quantitative estimate of drug-likeness (QED) is 0.707. The van der Waals surface area contributed by atoms with Crippen molar-refractivity contribution in [1.82, 2.24) is 10.2 Å². The number of hydrogen-bond acceptors (Lipinski definition) is 6. The maximum Gasteiger partial charge on any atom is 0.251 e. The van der Waals surface area contributed by atoms with Crippen LogP contribution in [0.5, 0.6) is 17.2 Å². The van der Waals surface area contributed by atoms with Crippen LogP contribution in [0, 0.1) is 0 Å². The Morgan fingerprint density at radius 2 is 1.77 bits per heavy atom. The second-order valence-corrected chi connectivity index (χ2v) is 7.78. The van der Waals surface area contributed by atoms with Gasteiger partial charge in [-0.25, -0.2) is 0 Å². The summed E-state index contributed by atoms with van der Waals surface area (Å²) in [4.78, 5) is 17.3. The van der Waals surface area contributed by atoms with E-state index >= 15 is 0 Å². The molecule has 1 fully saturated rings. The van der Waals surface area contributed by atoms with Gasteiger partial charge in [0.15, 0.2) is 11.5 Å². The third-order valence-electron chi connectivity index (χ3n) is 5.54. The van der Waals surface area contributed by atoms with Gasteiger partial charge in [0.2, 0.25) is 6.79 Å². The fraction of sp³-hybridized carbons (Fsp3) is 0.435. The Balaban J connectivity index is 1.21. The van der Waals surface area contributed by atoms with Gasteiger partial charge in [-0.15, -0.1) is 0 Å².